The van der Waals surface area contributed by atoms with Crippen molar-refractivity contribution >= 4 is 23.3 Å². The Bertz CT molecular complexity index is 817. The Morgan fingerprint density at radius 1 is 1.08 bits per heavy atom. The monoisotopic (exact) mass is 358 g/mol. The number of nitrogens with zero attached hydrogens (tertiary/aromatic N) is 1. The van der Waals surface area contributed by atoms with E-state index >= 15 is 0 Å². The second-order valence-corrected chi connectivity index (χ2v) is 5.57. The SMILES string of the molecule is Cc1ccc(C)c(NC(=O)COC(=O)COc2ccc([N+](=O)[O-])cc2)c1. The Balaban J connectivity index is 1.76. The molecule has 1 N–H and O–H groups in total. The molecule has 0 radical (unpaired) electrons. The number of nitrogens with one attached hydrogen (secondary N) is 1. The Morgan fingerprint density at radius 3 is 2.42 bits per heavy atom. The lowest BCUT2D eigenvalue weighted by Crippen LogP contribution is -2.24. The molecular weight excluding hydrogens is 340 g/mol. The highest BCUT2D eigenvalue weighted by atomic mass is 16.6. The molecule has 2 rings (SSSR count). The number of carbonyl (C=O) groups excluding carboxylic acids is 2. The van der Waals surface area contributed by atoms with Crippen molar-refractivity contribution in [1.29, 1.82) is 0 Å². The van der Waals surface area contributed by atoms with Crippen molar-refractivity contribution in [2.24, 2.45) is 0 Å². The Morgan fingerprint density at radius 2 is 1.77 bits per heavy atom. The van der Waals surface area contributed by atoms with Gasteiger partial charge in [-0.3, -0.25) is 14.9 Å². The standard InChI is InChI=1S/C18H18N2O6/c1-12-3-4-13(2)16(9-12)19-17(21)10-26-18(22)11-25-15-7-5-14(6-8-15)20(23)24/h3-9H,10-11H2,1-2H3,(H,19,21). The summed E-state index contributed by atoms with van der Waals surface area (Å²) in [5.41, 5.74) is 2.48. The molecule has 0 unspecified atom stereocenters. The predicted molar refractivity (Wildman–Crippen MR) is 94.1 cm³/mol. The van der Waals surface area contributed by atoms with Gasteiger partial charge >= 0.3 is 5.97 Å². The van der Waals surface area contributed by atoms with E-state index < -0.39 is 30.0 Å². The number of nitro groups is 1. The minimum Gasteiger partial charge on any atom is -0.482 e. The van der Waals surface area contributed by atoms with Gasteiger partial charge < -0.3 is 14.8 Å². The third-order valence-corrected chi connectivity index (χ3v) is 3.44. The maximum Gasteiger partial charge on any atom is 0.344 e. The first-order chi connectivity index (χ1) is 12.3. The van der Waals surface area contributed by atoms with E-state index in [2.05, 4.69) is 5.32 Å². The summed E-state index contributed by atoms with van der Waals surface area (Å²) >= 11 is 0. The number of non-ortho nitro benzene ring substituents is 1. The van der Waals surface area contributed by atoms with Crippen molar-refractivity contribution in [3.05, 3.63) is 63.7 Å². The largest absolute Gasteiger partial charge is 0.482 e. The summed E-state index contributed by atoms with van der Waals surface area (Å²) in [4.78, 5) is 33.5. The lowest BCUT2D eigenvalue weighted by Gasteiger charge is -2.10. The summed E-state index contributed by atoms with van der Waals surface area (Å²) in [6, 6.07) is 10.9. The maximum atomic E-state index is 11.9. The molecule has 0 saturated carbocycles. The lowest BCUT2D eigenvalue weighted by atomic mass is 10.1. The van der Waals surface area contributed by atoms with Gasteiger partial charge in [0.2, 0.25) is 0 Å². The van der Waals surface area contributed by atoms with Gasteiger partial charge in [0.25, 0.3) is 11.6 Å². The van der Waals surface area contributed by atoms with Crippen LogP contribution in [-0.2, 0) is 14.3 Å². The van der Waals surface area contributed by atoms with Gasteiger partial charge in [0.05, 0.1) is 4.92 Å². The predicted octanol–water partition coefficient (Wildman–Crippen LogP) is 2.77. The molecule has 26 heavy (non-hydrogen) atoms. The van der Waals surface area contributed by atoms with Gasteiger partial charge in [-0.1, -0.05) is 12.1 Å². The number of anilines is 1. The van der Waals surface area contributed by atoms with Crippen LogP contribution >= 0.6 is 0 Å². The van der Waals surface area contributed by atoms with Crippen LogP contribution in [0.5, 0.6) is 5.75 Å². The fraction of sp³-hybridized carbons (Fsp3) is 0.222. The topological polar surface area (TPSA) is 108 Å². The van der Waals surface area contributed by atoms with Crippen LogP contribution in [0.1, 0.15) is 11.1 Å². The minimum absolute atomic E-state index is 0.0805. The number of esters is 1. The summed E-state index contributed by atoms with van der Waals surface area (Å²) in [5.74, 6) is -0.894. The molecule has 136 valence electrons. The molecule has 0 bridgehead atoms. The number of rotatable bonds is 7. The molecule has 0 spiro atoms. The van der Waals surface area contributed by atoms with E-state index in [0.717, 1.165) is 11.1 Å². The summed E-state index contributed by atoms with van der Waals surface area (Å²) in [5, 5.41) is 13.2. The van der Waals surface area contributed by atoms with Gasteiger partial charge in [-0.25, -0.2) is 4.79 Å². The quantitative estimate of drug-likeness (QED) is 0.463. The Kier molecular flexibility index (Phi) is 6.26. The number of hydrogen-bond acceptors (Lipinski definition) is 6. The number of amides is 1. The van der Waals surface area contributed by atoms with Crippen LogP contribution in [-0.4, -0.2) is 30.0 Å². The van der Waals surface area contributed by atoms with E-state index in [4.69, 9.17) is 9.47 Å². The van der Waals surface area contributed by atoms with Crippen LogP contribution in [0.3, 0.4) is 0 Å². The summed E-state index contributed by atoms with van der Waals surface area (Å²) in [6.07, 6.45) is 0. The first-order valence-electron chi connectivity index (χ1n) is 7.75. The average Bonchev–Trinajstić information content (AvgIpc) is 2.61. The normalized spacial score (nSPS) is 10.1. The van der Waals surface area contributed by atoms with E-state index in [1.54, 1.807) is 0 Å². The number of nitro benzene ring substituents is 1. The number of benzene rings is 2. The molecule has 0 aliphatic rings. The molecular formula is C18H18N2O6. The summed E-state index contributed by atoms with van der Waals surface area (Å²) in [6.45, 7) is 2.92. The zero-order valence-corrected chi connectivity index (χ0v) is 14.4. The third-order valence-electron chi connectivity index (χ3n) is 3.44. The van der Waals surface area contributed by atoms with E-state index in [1.165, 1.54) is 24.3 Å². The lowest BCUT2D eigenvalue weighted by molar-refractivity contribution is -0.384. The number of aryl methyl sites for hydroxylation is 2. The molecule has 2 aromatic carbocycles. The van der Waals surface area contributed by atoms with Crippen molar-refractivity contribution in [2.45, 2.75) is 13.8 Å². The third kappa shape index (κ3) is 5.59. The molecule has 0 fully saturated rings. The van der Waals surface area contributed by atoms with E-state index in [9.17, 15) is 19.7 Å². The van der Waals surface area contributed by atoms with Gasteiger partial charge in [-0.2, -0.15) is 0 Å². The molecule has 0 aliphatic heterocycles. The highest BCUT2D eigenvalue weighted by molar-refractivity contribution is 5.93. The summed E-state index contributed by atoms with van der Waals surface area (Å²) < 4.78 is 10.0. The van der Waals surface area contributed by atoms with Gasteiger partial charge in [0.1, 0.15) is 5.75 Å². The first-order valence-corrected chi connectivity index (χ1v) is 7.75. The Hall–Kier alpha value is -3.42. The fourth-order valence-electron chi connectivity index (χ4n) is 2.05. The van der Waals surface area contributed by atoms with Crippen LogP contribution in [0.25, 0.3) is 0 Å². The van der Waals surface area contributed by atoms with Gasteiger partial charge in [-0.05, 0) is 43.2 Å². The van der Waals surface area contributed by atoms with Gasteiger partial charge in [0.15, 0.2) is 13.2 Å². The van der Waals surface area contributed by atoms with Gasteiger partial charge in [0, 0.05) is 17.8 Å². The van der Waals surface area contributed by atoms with Crippen molar-refractivity contribution < 1.29 is 24.0 Å². The van der Waals surface area contributed by atoms with Crippen LogP contribution < -0.4 is 10.1 Å². The first kappa shape index (κ1) is 18.9. The molecule has 0 aromatic heterocycles. The summed E-state index contributed by atoms with van der Waals surface area (Å²) in [7, 11) is 0. The molecule has 2 aromatic rings. The molecule has 8 heteroatoms. The fourth-order valence-corrected chi connectivity index (χ4v) is 2.05. The zero-order valence-electron chi connectivity index (χ0n) is 14.4. The van der Waals surface area contributed by atoms with E-state index in [1.807, 2.05) is 32.0 Å². The van der Waals surface area contributed by atoms with E-state index in [0.29, 0.717) is 5.69 Å². The zero-order chi connectivity index (χ0) is 19.1. The number of carbonyl (C=O) groups is 2. The molecule has 0 heterocycles. The molecule has 0 saturated heterocycles. The second-order valence-electron chi connectivity index (χ2n) is 5.57. The average molecular weight is 358 g/mol. The van der Waals surface area contributed by atoms with Crippen LogP contribution in [0.2, 0.25) is 0 Å². The molecule has 1 amide bonds. The smallest absolute Gasteiger partial charge is 0.344 e. The highest BCUT2D eigenvalue weighted by Crippen LogP contribution is 2.17. The molecule has 0 aliphatic carbocycles. The second kappa shape index (κ2) is 8.61. The molecule has 8 nitrogen and oxygen atoms in total. The number of ether oxygens (including phenoxy) is 2. The van der Waals surface area contributed by atoms with E-state index in [-0.39, 0.29) is 11.4 Å². The maximum absolute atomic E-state index is 11.9. The van der Waals surface area contributed by atoms with Crippen molar-refractivity contribution in [2.75, 3.05) is 18.5 Å². The van der Waals surface area contributed by atoms with Crippen LogP contribution in [0, 0.1) is 24.0 Å². The van der Waals surface area contributed by atoms with Gasteiger partial charge in [-0.15, -0.1) is 0 Å². The number of hydrogen-bond donors (Lipinski definition) is 1. The van der Waals surface area contributed by atoms with Crippen LogP contribution in [0.4, 0.5) is 11.4 Å². The van der Waals surface area contributed by atoms with Crippen molar-refractivity contribution in [1.82, 2.24) is 0 Å². The van der Waals surface area contributed by atoms with Crippen LogP contribution in [0.15, 0.2) is 42.5 Å². The highest BCUT2D eigenvalue weighted by Gasteiger charge is 2.11. The molecule has 0 atom stereocenters. The Labute approximate surface area is 149 Å². The minimum atomic E-state index is -0.723. The van der Waals surface area contributed by atoms with Crippen molar-refractivity contribution in [3.63, 3.8) is 0 Å². The van der Waals surface area contributed by atoms with Crippen molar-refractivity contribution in [3.8, 4) is 5.75 Å².